The van der Waals surface area contributed by atoms with Gasteiger partial charge >= 0.3 is 24.3 Å². The van der Waals surface area contributed by atoms with Crippen LogP contribution in [-0.4, -0.2) is 41.0 Å². The van der Waals surface area contributed by atoms with E-state index in [0.717, 1.165) is 12.5 Å². The van der Waals surface area contributed by atoms with Crippen molar-refractivity contribution >= 4 is 11.9 Å². The SMILES string of the molecule is NNCC1CCCCC1.O=C(O)C(F)(F)F.O=C(O)C(F)(F)F. The molecule has 1 rings (SSSR count). The number of hydrogen-bond acceptors (Lipinski definition) is 4. The quantitative estimate of drug-likeness (QED) is 0.343. The summed E-state index contributed by atoms with van der Waals surface area (Å²) >= 11 is 0. The van der Waals surface area contributed by atoms with E-state index in [1.165, 1.54) is 32.1 Å². The first-order chi connectivity index (χ1) is 10.3. The Balaban J connectivity index is 0. The first kappa shape index (κ1) is 23.7. The Morgan fingerprint density at radius 2 is 1.22 bits per heavy atom. The molecule has 138 valence electrons. The average Bonchev–Trinajstić information content (AvgIpc) is 2.39. The second kappa shape index (κ2) is 11.0. The first-order valence-electron chi connectivity index (χ1n) is 6.36. The molecular formula is C11H18F6N2O4. The number of alkyl halides is 6. The Hall–Kier alpha value is -1.56. The third kappa shape index (κ3) is 15.1. The molecule has 0 heterocycles. The van der Waals surface area contributed by atoms with Crippen molar-refractivity contribution in [3.8, 4) is 0 Å². The van der Waals surface area contributed by atoms with E-state index in [1.807, 2.05) is 0 Å². The molecule has 0 aromatic heterocycles. The summed E-state index contributed by atoms with van der Waals surface area (Å²) in [5.74, 6) is 0.560. The van der Waals surface area contributed by atoms with E-state index in [0.29, 0.717) is 0 Å². The molecule has 0 saturated heterocycles. The second-order valence-corrected chi connectivity index (χ2v) is 4.52. The molecule has 0 aromatic carbocycles. The Bertz CT molecular complexity index is 327. The standard InChI is InChI=1S/C7H16N2.2C2HF3O2/c8-9-6-7-4-2-1-3-5-7;2*3-2(4,5)1(6)7/h7,9H,1-6,8H2;2*(H,6,7). The molecule has 1 aliphatic rings. The topological polar surface area (TPSA) is 113 Å². The lowest BCUT2D eigenvalue weighted by molar-refractivity contribution is -0.193. The van der Waals surface area contributed by atoms with Gasteiger partial charge in [0.05, 0.1) is 0 Å². The van der Waals surface area contributed by atoms with E-state index in [9.17, 15) is 26.3 Å². The van der Waals surface area contributed by atoms with Crippen LogP contribution in [0.3, 0.4) is 0 Å². The lowest BCUT2D eigenvalue weighted by Crippen LogP contribution is -2.29. The second-order valence-electron chi connectivity index (χ2n) is 4.52. The highest BCUT2D eigenvalue weighted by Gasteiger charge is 2.38. The molecular weight excluding hydrogens is 338 g/mol. The summed E-state index contributed by atoms with van der Waals surface area (Å²) in [7, 11) is 0. The number of hydrogen-bond donors (Lipinski definition) is 4. The number of rotatable bonds is 2. The summed E-state index contributed by atoms with van der Waals surface area (Å²) in [5.41, 5.74) is 2.74. The van der Waals surface area contributed by atoms with Crippen molar-refractivity contribution in [3.63, 3.8) is 0 Å². The molecule has 6 nitrogen and oxygen atoms in total. The van der Waals surface area contributed by atoms with E-state index >= 15 is 0 Å². The van der Waals surface area contributed by atoms with Crippen molar-refractivity contribution in [2.75, 3.05) is 6.54 Å². The van der Waals surface area contributed by atoms with Crippen LogP contribution in [0.15, 0.2) is 0 Å². The normalized spacial score (nSPS) is 15.6. The molecule has 0 atom stereocenters. The van der Waals surface area contributed by atoms with Gasteiger partial charge in [0.2, 0.25) is 0 Å². The van der Waals surface area contributed by atoms with Crippen LogP contribution in [0.4, 0.5) is 26.3 Å². The van der Waals surface area contributed by atoms with E-state index in [-0.39, 0.29) is 0 Å². The fourth-order valence-corrected chi connectivity index (χ4v) is 1.56. The van der Waals surface area contributed by atoms with Gasteiger partial charge in [0.15, 0.2) is 0 Å². The van der Waals surface area contributed by atoms with E-state index in [4.69, 9.17) is 25.6 Å². The van der Waals surface area contributed by atoms with E-state index in [1.54, 1.807) is 0 Å². The number of carboxylic acids is 2. The minimum atomic E-state index is -5.08. The Morgan fingerprint density at radius 1 is 0.913 bits per heavy atom. The molecule has 1 saturated carbocycles. The maximum absolute atomic E-state index is 10.6. The molecule has 0 aromatic rings. The van der Waals surface area contributed by atoms with Crippen LogP contribution in [0.1, 0.15) is 32.1 Å². The molecule has 0 spiro atoms. The van der Waals surface area contributed by atoms with Crippen LogP contribution >= 0.6 is 0 Å². The van der Waals surface area contributed by atoms with Gasteiger partial charge in [0.1, 0.15) is 0 Å². The van der Waals surface area contributed by atoms with Crippen molar-refractivity contribution in [3.05, 3.63) is 0 Å². The number of halogens is 6. The maximum atomic E-state index is 10.6. The molecule has 0 bridgehead atoms. The van der Waals surface area contributed by atoms with E-state index < -0.39 is 24.3 Å². The third-order valence-electron chi connectivity index (χ3n) is 2.62. The summed E-state index contributed by atoms with van der Waals surface area (Å²) in [6.07, 6.45) is -3.16. The molecule has 12 heteroatoms. The van der Waals surface area contributed by atoms with Crippen LogP contribution in [0.2, 0.25) is 0 Å². The molecule has 1 fully saturated rings. The highest BCUT2D eigenvalue weighted by atomic mass is 19.4. The van der Waals surface area contributed by atoms with Crippen molar-refractivity contribution in [2.45, 2.75) is 44.5 Å². The largest absolute Gasteiger partial charge is 0.490 e. The fourth-order valence-electron chi connectivity index (χ4n) is 1.56. The molecule has 23 heavy (non-hydrogen) atoms. The Labute approximate surface area is 127 Å². The first-order valence-corrected chi connectivity index (χ1v) is 6.36. The third-order valence-corrected chi connectivity index (χ3v) is 2.62. The predicted molar refractivity (Wildman–Crippen MR) is 66.1 cm³/mol. The van der Waals surface area contributed by atoms with Gasteiger partial charge in [-0.2, -0.15) is 26.3 Å². The highest BCUT2D eigenvalue weighted by Crippen LogP contribution is 2.22. The van der Waals surface area contributed by atoms with Gasteiger partial charge in [-0.05, 0) is 18.8 Å². The number of carboxylic acid groups (broad SMARTS) is 2. The minimum absolute atomic E-state index is 0.865. The van der Waals surface area contributed by atoms with Crippen molar-refractivity contribution < 1.29 is 46.1 Å². The zero-order valence-electron chi connectivity index (χ0n) is 11.9. The summed E-state index contributed by atoms with van der Waals surface area (Å²) in [6, 6.07) is 0. The van der Waals surface area contributed by atoms with Crippen LogP contribution in [0, 0.1) is 5.92 Å². The zero-order valence-corrected chi connectivity index (χ0v) is 11.9. The monoisotopic (exact) mass is 356 g/mol. The Morgan fingerprint density at radius 3 is 1.43 bits per heavy atom. The maximum Gasteiger partial charge on any atom is 0.490 e. The number of hydrazine groups is 1. The molecule has 0 radical (unpaired) electrons. The van der Waals surface area contributed by atoms with Gasteiger partial charge in [-0.25, -0.2) is 9.59 Å². The number of carbonyl (C=O) groups is 2. The molecule has 0 amide bonds. The van der Waals surface area contributed by atoms with Crippen molar-refractivity contribution in [1.82, 2.24) is 5.43 Å². The highest BCUT2D eigenvalue weighted by molar-refractivity contribution is 5.73. The number of aliphatic carboxylic acids is 2. The lowest BCUT2D eigenvalue weighted by atomic mass is 9.89. The van der Waals surface area contributed by atoms with Crippen molar-refractivity contribution in [2.24, 2.45) is 11.8 Å². The van der Waals surface area contributed by atoms with Gasteiger partial charge in [-0.1, -0.05) is 19.3 Å². The average molecular weight is 356 g/mol. The van der Waals surface area contributed by atoms with Crippen LogP contribution < -0.4 is 11.3 Å². The summed E-state index contributed by atoms with van der Waals surface area (Å²) in [4.78, 5) is 17.8. The van der Waals surface area contributed by atoms with Gasteiger partial charge < -0.3 is 10.2 Å². The summed E-state index contributed by atoms with van der Waals surface area (Å²) in [5, 5.41) is 14.2. The number of nitrogens with one attached hydrogen (secondary N) is 1. The van der Waals surface area contributed by atoms with Gasteiger partial charge in [0, 0.05) is 6.54 Å². The summed E-state index contributed by atoms with van der Waals surface area (Å²) in [6.45, 7) is 1.01. The number of nitrogens with two attached hydrogens (primary N) is 1. The van der Waals surface area contributed by atoms with Gasteiger partial charge in [-0.3, -0.25) is 11.3 Å². The van der Waals surface area contributed by atoms with Crippen LogP contribution in [0.5, 0.6) is 0 Å². The molecule has 1 aliphatic carbocycles. The Kier molecular flexibility index (Phi) is 11.4. The molecule has 5 N–H and O–H groups in total. The van der Waals surface area contributed by atoms with Crippen molar-refractivity contribution in [1.29, 1.82) is 0 Å². The zero-order chi connectivity index (χ0) is 18.7. The fraction of sp³-hybridized carbons (Fsp3) is 0.818. The van der Waals surface area contributed by atoms with Crippen LogP contribution in [-0.2, 0) is 9.59 Å². The smallest absolute Gasteiger partial charge is 0.475 e. The molecule has 0 aliphatic heterocycles. The van der Waals surface area contributed by atoms with Gasteiger partial charge in [0.25, 0.3) is 0 Å². The van der Waals surface area contributed by atoms with Gasteiger partial charge in [-0.15, -0.1) is 0 Å². The minimum Gasteiger partial charge on any atom is -0.475 e. The van der Waals surface area contributed by atoms with E-state index in [2.05, 4.69) is 5.43 Å². The van der Waals surface area contributed by atoms with Crippen LogP contribution in [0.25, 0.3) is 0 Å². The molecule has 0 unspecified atom stereocenters. The predicted octanol–water partition coefficient (Wildman–Crippen LogP) is 2.30. The summed E-state index contributed by atoms with van der Waals surface area (Å²) < 4.78 is 63.5. The lowest BCUT2D eigenvalue weighted by Gasteiger charge is -2.20.